The zero-order valence-corrected chi connectivity index (χ0v) is 10.8. The summed E-state index contributed by atoms with van der Waals surface area (Å²) in [6.07, 6.45) is 0.571. The molecule has 0 fully saturated rings. The summed E-state index contributed by atoms with van der Waals surface area (Å²) in [5.74, 6) is -0.188. The van der Waals surface area contributed by atoms with Gasteiger partial charge in [-0.15, -0.1) is 0 Å². The van der Waals surface area contributed by atoms with E-state index < -0.39 is 5.82 Å². The third-order valence-corrected chi connectivity index (χ3v) is 2.79. The third kappa shape index (κ3) is 3.33. The zero-order valence-electron chi connectivity index (χ0n) is 10.8. The Morgan fingerprint density at radius 3 is 2.45 bits per heavy atom. The molecular formula is C15H15FN2O2. The second kappa shape index (κ2) is 6.16. The van der Waals surface area contributed by atoms with Crippen LogP contribution in [0.3, 0.4) is 0 Å². The Labute approximate surface area is 116 Å². The van der Waals surface area contributed by atoms with Crippen LogP contribution in [0.1, 0.15) is 11.1 Å². The van der Waals surface area contributed by atoms with Gasteiger partial charge in [0.15, 0.2) is 11.6 Å². The fourth-order valence-corrected chi connectivity index (χ4v) is 1.73. The van der Waals surface area contributed by atoms with Crippen LogP contribution in [0.25, 0.3) is 0 Å². The molecule has 0 heterocycles. The van der Waals surface area contributed by atoms with Crippen molar-refractivity contribution in [1.29, 1.82) is 5.41 Å². The molecule has 0 aromatic heterocycles. The van der Waals surface area contributed by atoms with Crippen LogP contribution in [-0.2, 0) is 6.42 Å². The van der Waals surface area contributed by atoms with Crippen LogP contribution < -0.4 is 10.5 Å². The molecule has 0 radical (unpaired) electrons. The lowest BCUT2D eigenvalue weighted by Gasteiger charge is -2.08. The van der Waals surface area contributed by atoms with E-state index in [9.17, 15) is 4.39 Å². The number of nitrogen functional groups attached to an aromatic ring is 1. The summed E-state index contributed by atoms with van der Waals surface area (Å²) in [5.41, 5.74) is 6.58. The summed E-state index contributed by atoms with van der Waals surface area (Å²) >= 11 is 0. The highest BCUT2D eigenvalue weighted by molar-refractivity contribution is 5.95. The average Bonchev–Trinajstić information content (AvgIpc) is 2.43. The van der Waals surface area contributed by atoms with Gasteiger partial charge in [0, 0.05) is 12.2 Å². The first kappa shape index (κ1) is 14.0. The molecule has 4 N–H and O–H groups in total. The quantitative estimate of drug-likeness (QED) is 0.578. The normalized spacial score (nSPS) is 10.3. The molecule has 2 aromatic rings. The highest BCUT2D eigenvalue weighted by atomic mass is 19.1. The van der Waals surface area contributed by atoms with E-state index in [1.165, 1.54) is 12.1 Å². The molecule has 2 rings (SSSR count). The number of hydrogen-bond donors (Lipinski definition) is 3. The van der Waals surface area contributed by atoms with E-state index in [0.717, 1.165) is 11.6 Å². The molecule has 0 aliphatic rings. The number of aliphatic hydroxyl groups excluding tert-OH is 1. The smallest absolute Gasteiger partial charge is 0.166 e. The van der Waals surface area contributed by atoms with Crippen molar-refractivity contribution in [3.8, 4) is 11.5 Å². The summed E-state index contributed by atoms with van der Waals surface area (Å²) in [5, 5.41) is 16.1. The average molecular weight is 274 g/mol. The minimum absolute atomic E-state index is 0.0740. The molecule has 0 bridgehead atoms. The lowest BCUT2D eigenvalue weighted by molar-refractivity contribution is 0.299. The van der Waals surface area contributed by atoms with E-state index in [1.807, 2.05) is 12.1 Å². The summed E-state index contributed by atoms with van der Waals surface area (Å²) in [6.45, 7) is 0.0847. The van der Waals surface area contributed by atoms with Crippen molar-refractivity contribution >= 4 is 5.84 Å². The van der Waals surface area contributed by atoms with Crippen molar-refractivity contribution in [2.75, 3.05) is 6.61 Å². The van der Waals surface area contributed by atoms with Crippen molar-refractivity contribution in [3.63, 3.8) is 0 Å². The molecule has 20 heavy (non-hydrogen) atoms. The summed E-state index contributed by atoms with van der Waals surface area (Å²) in [7, 11) is 0. The molecule has 0 amide bonds. The Bertz CT molecular complexity index is 612. The molecule has 104 valence electrons. The van der Waals surface area contributed by atoms with Gasteiger partial charge in [-0.1, -0.05) is 12.1 Å². The van der Waals surface area contributed by atoms with Crippen LogP contribution >= 0.6 is 0 Å². The number of benzene rings is 2. The zero-order chi connectivity index (χ0) is 14.5. The molecule has 0 aliphatic carbocycles. The van der Waals surface area contributed by atoms with Crippen molar-refractivity contribution in [1.82, 2.24) is 0 Å². The number of nitrogens with two attached hydrogens (primary N) is 1. The monoisotopic (exact) mass is 274 g/mol. The SMILES string of the molecule is N=C(N)c1ccc(Oc2ccc(CCO)cc2)c(F)c1. The Balaban J connectivity index is 2.15. The Morgan fingerprint density at radius 1 is 1.20 bits per heavy atom. The van der Waals surface area contributed by atoms with Gasteiger partial charge in [-0.2, -0.15) is 0 Å². The maximum absolute atomic E-state index is 13.8. The van der Waals surface area contributed by atoms with Gasteiger partial charge in [-0.05, 0) is 42.3 Å². The van der Waals surface area contributed by atoms with Crippen LogP contribution in [0.15, 0.2) is 42.5 Å². The molecule has 5 heteroatoms. The van der Waals surface area contributed by atoms with Crippen LogP contribution in [-0.4, -0.2) is 17.5 Å². The molecule has 0 spiro atoms. The fourth-order valence-electron chi connectivity index (χ4n) is 1.73. The molecule has 0 saturated heterocycles. The molecule has 0 saturated carbocycles. The molecule has 0 atom stereocenters. The second-order valence-corrected chi connectivity index (χ2v) is 4.28. The van der Waals surface area contributed by atoms with Crippen LogP contribution in [0.2, 0.25) is 0 Å². The summed E-state index contributed by atoms with van der Waals surface area (Å²) in [6, 6.07) is 11.2. The van der Waals surface area contributed by atoms with Crippen LogP contribution in [0, 0.1) is 11.2 Å². The van der Waals surface area contributed by atoms with Gasteiger partial charge in [0.05, 0.1) is 0 Å². The predicted octanol–water partition coefficient (Wildman–Crippen LogP) is 2.44. The fraction of sp³-hybridized carbons (Fsp3) is 0.133. The topological polar surface area (TPSA) is 79.3 Å². The number of nitrogens with one attached hydrogen (secondary N) is 1. The molecule has 0 unspecified atom stereocenters. The van der Waals surface area contributed by atoms with E-state index in [-0.39, 0.29) is 18.2 Å². The number of halogens is 1. The first-order chi connectivity index (χ1) is 9.60. The number of amidine groups is 1. The van der Waals surface area contributed by atoms with Crippen molar-refractivity contribution in [2.24, 2.45) is 5.73 Å². The predicted molar refractivity (Wildman–Crippen MR) is 74.7 cm³/mol. The van der Waals surface area contributed by atoms with Crippen LogP contribution in [0.5, 0.6) is 11.5 Å². The van der Waals surface area contributed by atoms with Crippen molar-refractivity contribution in [2.45, 2.75) is 6.42 Å². The first-order valence-electron chi connectivity index (χ1n) is 6.12. The Hall–Kier alpha value is -2.40. The van der Waals surface area contributed by atoms with Crippen LogP contribution in [0.4, 0.5) is 4.39 Å². The lowest BCUT2D eigenvalue weighted by atomic mass is 10.1. The maximum atomic E-state index is 13.8. The third-order valence-electron chi connectivity index (χ3n) is 2.79. The number of ether oxygens (including phenoxy) is 1. The van der Waals surface area contributed by atoms with Gasteiger partial charge in [0.25, 0.3) is 0 Å². The van der Waals surface area contributed by atoms with Crippen molar-refractivity contribution in [3.05, 3.63) is 59.4 Å². The van der Waals surface area contributed by atoms with Gasteiger partial charge in [0.2, 0.25) is 0 Å². The standard InChI is InChI=1S/C15H15FN2O2/c16-13-9-11(15(17)18)3-6-14(13)20-12-4-1-10(2-5-12)7-8-19/h1-6,9,19H,7-8H2,(H3,17,18). The van der Waals surface area contributed by atoms with E-state index in [0.29, 0.717) is 17.7 Å². The number of aliphatic hydroxyl groups is 1. The van der Waals surface area contributed by atoms with E-state index >= 15 is 0 Å². The first-order valence-corrected chi connectivity index (χ1v) is 6.12. The Morgan fingerprint density at radius 2 is 1.90 bits per heavy atom. The van der Waals surface area contributed by atoms with Crippen molar-refractivity contribution < 1.29 is 14.2 Å². The molecule has 4 nitrogen and oxygen atoms in total. The summed E-state index contributed by atoms with van der Waals surface area (Å²) < 4.78 is 19.2. The highest BCUT2D eigenvalue weighted by Gasteiger charge is 2.07. The molecule has 0 aliphatic heterocycles. The van der Waals surface area contributed by atoms with Gasteiger partial charge in [-0.25, -0.2) is 4.39 Å². The molecular weight excluding hydrogens is 259 g/mol. The van der Waals surface area contributed by atoms with Gasteiger partial charge >= 0.3 is 0 Å². The van der Waals surface area contributed by atoms with Gasteiger partial charge in [-0.3, -0.25) is 5.41 Å². The van der Waals surface area contributed by atoms with Gasteiger partial charge in [0.1, 0.15) is 11.6 Å². The van der Waals surface area contributed by atoms with E-state index in [1.54, 1.807) is 12.1 Å². The summed E-state index contributed by atoms with van der Waals surface area (Å²) in [4.78, 5) is 0. The maximum Gasteiger partial charge on any atom is 0.166 e. The largest absolute Gasteiger partial charge is 0.454 e. The second-order valence-electron chi connectivity index (χ2n) is 4.28. The van der Waals surface area contributed by atoms with E-state index in [2.05, 4.69) is 0 Å². The lowest BCUT2D eigenvalue weighted by Crippen LogP contribution is -2.11. The minimum atomic E-state index is -0.572. The van der Waals surface area contributed by atoms with E-state index in [4.69, 9.17) is 21.0 Å². The molecule has 2 aromatic carbocycles. The highest BCUT2D eigenvalue weighted by Crippen LogP contribution is 2.25. The number of rotatable bonds is 5. The van der Waals surface area contributed by atoms with Gasteiger partial charge < -0.3 is 15.6 Å². The Kier molecular flexibility index (Phi) is 4.32. The minimum Gasteiger partial charge on any atom is -0.454 e. The number of hydrogen-bond acceptors (Lipinski definition) is 3.